The molecule has 0 aromatic heterocycles. The molecule has 15 heavy (non-hydrogen) atoms. The average Bonchev–Trinajstić information content (AvgIpc) is 2.19. The summed E-state index contributed by atoms with van der Waals surface area (Å²) in [6, 6.07) is 8.59. The molecule has 2 atom stereocenters. The average molecular weight is 246 g/mol. The Bertz CT molecular complexity index is 297. The van der Waals surface area contributed by atoms with E-state index in [0.717, 1.165) is 11.4 Å². The number of halogens is 2. The van der Waals surface area contributed by atoms with Crippen molar-refractivity contribution in [2.24, 2.45) is 5.73 Å². The number of benzene rings is 1. The third-order valence-corrected chi connectivity index (χ3v) is 3.31. The van der Waals surface area contributed by atoms with E-state index in [2.05, 4.69) is 12.1 Å². The highest BCUT2D eigenvalue weighted by Crippen LogP contribution is 2.32. The molecule has 2 rings (SSSR count). The molecule has 84 valence electrons. The zero-order valence-electron chi connectivity index (χ0n) is 8.66. The van der Waals surface area contributed by atoms with Crippen LogP contribution in [0.4, 0.5) is 0 Å². The zero-order valence-corrected chi connectivity index (χ0v) is 10.2. The van der Waals surface area contributed by atoms with Crippen molar-refractivity contribution < 1.29 is 0 Å². The van der Waals surface area contributed by atoms with Crippen LogP contribution in [0.2, 0.25) is 5.02 Å². The van der Waals surface area contributed by atoms with E-state index in [9.17, 15) is 0 Å². The molecule has 0 radical (unpaired) electrons. The second kappa shape index (κ2) is 5.74. The summed E-state index contributed by atoms with van der Waals surface area (Å²) < 4.78 is 0. The Morgan fingerprint density at radius 2 is 1.80 bits per heavy atom. The fourth-order valence-electron chi connectivity index (χ4n) is 2.27. The largest absolute Gasteiger partial charge is 0.328 e. The van der Waals surface area contributed by atoms with Gasteiger partial charge in [-0.05, 0) is 42.9 Å². The summed E-state index contributed by atoms with van der Waals surface area (Å²) in [6.45, 7) is 0. The van der Waals surface area contributed by atoms with Crippen LogP contribution >= 0.6 is 24.0 Å². The number of nitrogens with two attached hydrogens (primary N) is 1. The molecule has 0 heterocycles. The summed E-state index contributed by atoms with van der Waals surface area (Å²) >= 11 is 5.85. The van der Waals surface area contributed by atoms with E-state index in [1.807, 2.05) is 12.1 Å². The van der Waals surface area contributed by atoms with E-state index in [1.165, 1.54) is 24.8 Å². The molecule has 2 unspecified atom stereocenters. The van der Waals surface area contributed by atoms with Gasteiger partial charge in [0.25, 0.3) is 0 Å². The maximum Gasteiger partial charge on any atom is 0.0406 e. The summed E-state index contributed by atoms with van der Waals surface area (Å²) in [6.07, 6.45) is 4.84. The second-order valence-electron chi connectivity index (χ2n) is 4.18. The molecule has 0 amide bonds. The quantitative estimate of drug-likeness (QED) is 0.802. The van der Waals surface area contributed by atoms with Crippen LogP contribution in [0, 0.1) is 0 Å². The molecule has 0 aliphatic heterocycles. The van der Waals surface area contributed by atoms with Crippen LogP contribution in [-0.2, 0) is 0 Å². The van der Waals surface area contributed by atoms with Crippen molar-refractivity contribution in [3.8, 4) is 0 Å². The van der Waals surface area contributed by atoms with Crippen molar-refractivity contribution in [3.05, 3.63) is 34.9 Å². The van der Waals surface area contributed by atoms with Crippen LogP contribution in [-0.4, -0.2) is 6.04 Å². The van der Waals surface area contributed by atoms with E-state index >= 15 is 0 Å². The molecular formula is C12H17Cl2N. The SMILES string of the molecule is Cl.NC1CCCC(c2ccc(Cl)cc2)C1. The van der Waals surface area contributed by atoms with E-state index < -0.39 is 0 Å². The molecule has 0 saturated heterocycles. The summed E-state index contributed by atoms with van der Waals surface area (Å²) in [5, 5.41) is 0.814. The van der Waals surface area contributed by atoms with Gasteiger partial charge in [-0.25, -0.2) is 0 Å². The first kappa shape index (κ1) is 12.8. The van der Waals surface area contributed by atoms with Gasteiger partial charge in [0.15, 0.2) is 0 Å². The lowest BCUT2D eigenvalue weighted by Gasteiger charge is -2.26. The number of hydrogen-bond donors (Lipinski definition) is 1. The molecule has 1 nitrogen and oxygen atoms in total. The standard InChI is InChI=1S/C12H16ClN.ClH/c13-11-6-4-9(5-7-11)10-2-1-3-12(14)8-10;/h4-7,10,12H,1-3,8,14H2;1H. The van der Waals surface area contributed by atoms with E-state index in [4.69, 9.17) is 17.3 Å². The van der Waals surface area contributed by atoms with Gasteiger partial charge in [0.05, 0.1) is 0 Å². The van der Waals surface area contributed by atoms with Crippen LogP contribution in [0.3, 0.4) is 0 Å². The maximum atomic E-state index is 5.97. The smallest absolute Gasteiger partial charge is 0.0406 e. The van der Waals surface area contributed by atoms with Crippen molar-refractivity contribution in [2.45, 2.75) is 37.6 Å². The van der Waals surface area contributed by atoms with Crippen molar-refractivity contribution in [1.29, 1.82) is 0 Å². The molecule has 0 bridgehead atoms. The highest BCUT2D eigenvalue weighted by molar-refractivity contribution is 6.30. The predicted molar refractivity (Wildman–Crippen MR) is 67.9 cm³/mol. The van der Waals surface area contributed by atoms with Gasteiger partial charge in [-0.2, -0.15) is 0 Å². The Kier molecular flexibility index (Phi) is 4.91. The Morgan fingerprint density at radius 3 is 2.40 bits per heavy atom. The fraction of sp³-hybridized carbons (Fsp3) is 0.500. The van der Waals surface area contributed by atoms with Crippen LogP contribution in [0.1, 0.15) is 37.2 Å². The van der Waals surface area contributed by atoms with Crippen LogP contribution in [0.25, 0.3) is 0 Å². The Morgan fingerprint density at radius 1 is 1.13 bits per heavy atom. The van der Waals surface area contributed by atoms with Gasteiger partial charge < -0.3 is 5.73 Å². The van der Waals surface area contributed by atoms with Crippen molar-refractivity contribution in [1.82, 2.24) is 0 Å². The lowest BCUT2D eigenvalue weighted by atomic mass is 9.82. The first-order chi connectivity index (χ1) is 6.75. The number of rotatable bonds is 1. The minimum absolute atomic E-state index is 0. The lowest BCUT2D eigenvalue weighted by Crippen LogP contribution is -2.26. The van der Waals surface area contributed by atoms with Crippen molar-refractivity contribution in [2.75, 3.05) is 0 Å². The van der Waals surface area contributed by atoms with Gasteiger partial charge in [-0.1, -0.05) is 30.2 Å². The molecule has 1 fully saturated rings. The molecule has 2 N–H and O–H groups in total. The topological polar surface area (TPSA) is 26.0 Å². The second-order valence-corrected chi connectivity index (χ2v) is 4.61. The Balaban J connectivity index is 0.00000112. The zero-order chi connectivity index (χ0) is 9.97. The third-order valence-electron chi connectivity index (χ3n) is 3.06. The van der Waals surface area contributed by atoms with Crippen LogP contribution < -0.4 is 5.73 Å². The monoisotopic (exact) mass is 245 g/mol. The Hall–Kier alpha value is -0.240. The first-order valence-electron chi connectivity index (χ1n) is 5.27. The highest BCUT2D eigenvalue weighted by Gasteiger charge is 2.20. The van der Waals surface area contributed by atoms with E-state index in [1.54, 1.807) is 0 Å². The summed E-state index contributed by atoms with van der Waals surface area (Å²) in [7, 11) is 0. The minimum Gasteiger partial charge on any atom is -0.328 e. The van der Waals surface area contributed by atoms with Gasteiger partial charge in [-0.15, -0.1) is 12.4 Å². The van der Waals surface area contributed by atoms with Crippen molar-refractivity contribution >= 4 is 24.0 Å². The van der Waals surface area contributed by atoms with Gasteiger partial charge in [0.1, 0.15) is 0 Å². The van der Waals surface area contributed by atoms with Crippen molar-refractivity contribution in [3.63, 3.8) is 0 Å². The molecule has 1 aromatic carbocycles. The Labute approximate surface area is 102 Å². The predicted octanol–water partition coefficient (Wildman–Crippen LogP) is 3.75. The van der Waals surface area contributed by atoms with Gasteiger partial charge in [-0.3, -0.25) is 0 Å². The van der Waals surface area contributed by atoms with Gasteiger partial charge in [0, 0.05) is 11.1 Å². The molecule has 1 aromatic rings. The molecule has 0 spiro atoms. The molecular weight excluding hydrogens is 229 g/mol. The molecule has 1 saturated carbocycles. The normalized spacial score (nSPS) is 25.7. The van der Waals surface area contributed by atoms with Crippen LogP contribution in [0.5, 0.6) is 0 Å². The minimum atomic E-state index is 0. The molecule has 1 aliphatic rings. The van der Waals surface area contributed by atoms with E-state index in [0.29, 0.717) is 12.0 Å². The van der Waals surface area contributed by atoms with E-state index in [-0.39, 0.29) is 12.4 Å². The number of hydrogen-bond acceptors (Lipinski definition) is 1. The molecule has 3 heteroatoms. The summed E-state index contributed by atoms with van der Waals surface area (Å²) in [5.41, 5.74) is 7.36. The third kappa shape index (κ3) is 3.37. The first-order valence-corrected chi connectivity index (χ1v) is 5.64. The maximum absolute atomic E-state index is 5.97. The highest BCUT2D eigenvalue weighted by atomic mass is 35.5. The lowest BCUT2D eigenvalue weighted by molar-refractivity contribution is 0.393. The summed E-state index contributed by atoms with van der Waals surface area (Å²) in [4.78, 5) is 0. The van der Waals surface area contributed by atoms with Crippen LogP contribution in [0.15, 0.2) is 24.3 Å². The summed E-state index contributed by atoms with van der Waals surface area (Å²) in [5.74, 6) is 0.649. The fourth-order valence-corrected chi connectivity index (χ4v) is 2.39. The molecule has 1 aliphatic carbocycles. The van der Waals surface area contributed by atoms with Gasteiger partial charge >= 0.3 is 0 Å². The van der Waals surface area contributed by atoms with Gasteiger partial charge in [0.2, 0.25) is 0 Å².